The van der Waals surface area contributed by atoms with Crippen LogP contribution in [0.4, 0.5) is 4.39 Å². The fourth-order valence-corrected chi connectivity index (χ4v) is 2.66. The first kappa shape index (κ1) is 20.9. The monoisotopic (exact) mass is 392 g/mol. The van der Waals surface area contributed by atoms with Crippen molar-refractivity contribution in [2.75, 3.05) is 7.11 Å². The summed E-state index contributed by atoms with van der Waals surface area (Å²) in [5.74, 6) is -1.71. The maximum atomic E-state index is 14.3. The lowest BCUT2D eigenvalue weighted by atomic mass is 10.1. The quantitative estimate of drug-likeness (QED) is 0.619. The van der Waals surface area contributed by atoms with Gasteiger partial charge in [0, 0.05) is 21.7 Å². The normalized spacial score (nSPS) is 11.2. The Balaban J connectivity index is 2.51. The summed E-state index contributed by atoms with van der Waals surface area (Å²) < 4.78 is 19.5. The number of methoxy groups -OCH3 is 1. The van der Waals surface area contributed by atoms with Crippen LogP contribution in [0.3, 0.4) is 0 Å². The molecular formula is C20H22ClFN2O3. The van der Waals surface area contributed by atoms with Crippen molar-refractivity contribution in [3.63, 3.8) is 0 Å². The number of ether oxygens (including phenoxy) is 1. The van der Waals surface area contributed by atoms with Gasteiger partial charge in [0.15, 0.2) is 0 Å². The van der Waals surface area contributed by atoms with Crippen molar-refractivity contribution in [1.29, 1.82) is 0 Å². The predicted octanol–water partition coefficient (Wildman–Crippen LogP) is 4.38. The summed E-state index contributed by atoms with van der Waals surface area (Å²) in [5.41, 5.74) is 2.82. The van der Waals surface area contributed by atoms with Crippen molar-refractivity contribution >= 4 is 23.4 Å². The van der Waals surface area contributed by atoms with E-state index in [9.17, 15) is 14.0 Å². The van der Waals surface area contributed by atoms with E-state index in [4.69, 9.17) is 16.3 Å². The Labute approximate surface area is 163 Å². The van der Waals surface area contributed by atoms with Crippen molar-refractivity contribution in [2.24, 2.45) is 0 Å². The Morgan fingerprint density at radius 3 is 2.30 bits per heavy atom. The third kappa shape index (κ3) is 4.84. The minimum atomic E-state index is -0.814. The van der Waals surface area contributed by atoms with Gasteiger partial charge in [-0.2, -0.15) is 0 Å². The molecule has 5 nitrogen and oxygen atoms in total. The molecule has 0 aliphatic carbocycles. The number of hydrazine groups is 1. The maximum Gasteiger partial charge on any atom is 0.278 e. The molecule has 0 spiro atoms. The SMILES string of the molecule is COc1cccc(C(=O)N(NC(C)(C)C)C(=O)c2ccc(Cl)cc2F)c1C. The molecule has 2 amide bonds. The van der Waals surface area contributed by atoms with Crippen LogP contribution in [0.1, 0.15) is 47.1 Å². The Morgan fingerprint density at radius 1 is 1.11 bits per heavy atom. The zero-order chi connectivity index (χ0) is 20.4. The number of imide groups is 1. The molecule has 0 bridgehead atoms. The molecule has 0 heterocycles. The summed E-state index contributed by atoms with van der Waals surface area (Å²) in [6.45, 7) is 7.08. The average Bonchev–Trinajstić information content (AvgIpc) is 2.58. The second-order valence-corrected chi connectivity index (χ2v) is 7.50. The fourth-order valence-electron chi connectivity index (χ4n) is 2.50. The lowest BCUT2D eigenvalue weighted by Gasteiger charge is -2.30. The summed E-state index contributed by atoms with van der Waals surface area (Å²) in [6.07, 6.45) is 0. The maximum absolute atomic E-state index is 14.3. The molecule has 0 unspecified atom stereocenters. The van der Waals surface area contributed by atoms with E-state index in [0.717, 1.165) is 11.1 Å². The minimum Gasteiger partial charge on any atom is -0.496 e. The number of carbonyl (C=O) groups excluding carboxylic acids is 2. The third-order valence-corrected chi connectivity index (χ3v) is 3.98. The molecule has 0 fully saturated rings. The number of halogens is 2. The fraction of sp³-hybridized carbons (Fsp3) is 0.300. The van der Waals surface area contributed by atoms with Crippen molar-refractivity contribution in [3.05, 3.63) is 63.9 Å². The van der Waals surface area contributed by atoms with Crippen molar-refractivity contribution in [3.8, 4) is 5.75 Å². The second kappa shape index (κ2) is 8.06. The first-order valence-corrected chi connectivity index (χ1v) is 8.68. The van der Waals surface area contributed by atoms with E-state index in [1.165, 1.54) is 19.2 Å². The molecule has 2 aromatic carbocycles. The van der Waals surface area contributed by atoms with E-state index >= 15 is 0 Å². The molecule has 27 heavy (non-hydrogen) atoms. The number of amides is 2. The average molecular weight is 393 g/mol. The molecule has 0 saturated heterocycles. The Morgan fingerprint density at radius 2 is 1.74 bits per heavy atom. The molecule has 2 aromatic rings. The molecule has 0 aliphatic heterocycles. The van der Waals surface area contributed by atoms with Gasteiger partial charge in [-0.05, 0) is 58.0 Å². The highest BCUT2D eigenvalue weighted by Crippen LogP contribution is 2.24. The zero-order valence-electron chi connectivity index (χ0n) is 15.9. The molecule has 0 atom stereocenters. The van der Waals surface area contributed by atoms with Gasteiger partial charge < -0.3 is 4.74 Å². The van der Waals surface area contributed by atoms with E-state index < -0.39 is 23.2 Å². The van der Waals surface area contributed by atoms with Gasteiger partial charge in [0.2, 0.25) is 0 Å². The highest BCUT2D eigenvalue weighted by atomic mass is 35.5. The van der Waals surface area contributed by atoms with E-state index in [2.05, 4.69) is 5.43 Å². The van der Waals surface area contributed by atoms with Crippen LogP contribution in [0.2, 0.25) is 5.02 Å². The third-order valence-electron chi connectivity index (χ3n) is 3.75. The summed E-state index contributed by atoms with van der Waals surface area (Å²) in [4.78, 5) is 26.1. The van der Waals surface area contributed by atoms with Crippen LogP contribution < -0.4 is 10.2 Å². The summed E-state index contributed by atoms with van der Waals surface area (Å²) in [6, 6.07) is 8.64. The number of carbonyl (C=O) groups is 2. The van der Waals surface area contributed by atoms with Crippen LogP contribution in [0.25, 0.3) is 0 Å². The van der Waals surface area contributed by atoms with Crippen LogP contribution in [-0.2, 0) is 0 Å². The minimum absolute atomic E-state index is 0.161. The summed E-state index contributed by atoms with van der Waals surface area (Å²) >= 11 is 5.76. The number of nitrogens with zero attached hydrogens (tertiary/aromatic N) is 1. The molecule has 2 rings (SSSR count). The van der Waals surface area contributed by atoms with Gasteiger partial charge in [-0.25, -0.2) is 14.8 Å². The highest BCUT2D eigenvalue weighted by Gasteiger charge is 2.31. The largest absolute Gasteiger partial charge is 0.496 e. The molecule has 0 saturated carbocycles. The van der Waals surface area contributed by atoms with E-state index in [0.29, 0.717) is 11.3 Å². The van der Waals surface area contributed by atoms with Gasteiger partial charge in [-0.15, -0.1) is 0 Å². The molecule has 7 heteroatoms. The number of rotatable bonds is 4. The van der Waals surface area contributed by atoms with E-state index in [1.807, 2.05) is 0 Å². The summed E-state index contributed by atoms with van der Waals surface area (Å²) in [5, 5.41) is 0.989. The van der Waals surface area contributed by atoms with Crippen LogP contribution in [0.5, 0.6) is 5.75 Å². The van der Waals surface area contributed by atoms with E-state index in [1.54, 1.807) is 45.9 Å². The van der Waals surface area contributed by atoms with Crippen LogP contribution in [0.15, 0.2) is 36.4 Å². The first-order chi connectivity index (χ1) is 12.5. The molecule has 0 radical (unpaired) electrons. The van der Waals surface area contributed by atoms with Crippen LogP contribution >= 0.6 is 11.6 Å². The smallest absolute Gasteiger partial charge is 0.278 e. The summed E-state index contributed by atoms with van der Waals surface area (Å²) in [7, 11) is 1.50. The van der Waals surface area contributed by atoms with Crippen LogP contribution in [0, 0.1) is 12.7 Å². The Hall–Kier alpha value is -2.44. The molecule has 0 aliphatic rings. The van der Waals surface area contributed by atoms with Gasteiger partial charge in [-0.3, -0.25) is 9.59 Å². The molecular weight excluding hydrogens is 371 g/mol. The highest BCUT2D eigenvalue weighted by molar-refractivity contribution is 6.30. The van der Waals surface area contributed by atoms with Crippen molar-refractivity contribution < 1.29 is 18.7 Å². The number of benzene rings is 2. The van der Waals surface area contributed by atoms with Gasteiger partial charge >= 0.3 is 0 Å². The molecule has 0 aromatic heterocycles. The van der Waals surface area contributed by atoms with Gasteiger partial charge in [-0.1, -0.05) is 17.7 Å². The topological polar surface area (TPSA) is 58.6 Å². The number of hydrogen-bond acceptors (Lipinski definition) is 4. The lowest BCUT2D eigenvalue weighted by Crippen LogP contribution is -2.55. The van der Waals surface area contributed by atoms with Gasteiger partial charge in [0.05, 0.1) is 12.7 Å². The van der Waals surface area contributed by atoms with Crippen molar-refractivity contribution in [2.45, 2.75) is 33.2 Å². The Bertz CT molecular complexity index is 878. The van der Waals surface area contributed by atoms with Crippen molar-refractivity contribution in [1.82, 2.24) is 10.4 Å². The molecule has 1 N–H and O–H groups in total. The zero-order valence-corrected chi connectivity index (χ0v) is 16.6. The van der Waals surface area contributed by atoms with Gasteiger partial charge in [0.25, 0.3) is 11.8 Å². The standard InChI is InChI=1S/C20H22ClFN2O3/c1-12-14(7-6-8-17(12)27-5)18(25)24(23-20(2,3)4)19(26)15-10-9-13(21)11-16(15)22/h6-11,23H,1-5H3. The Kier molecular flexibility index (Phi) is 6.23. The second-order valence-electron chi connectivity index (χ2n) is 7.06. The first-order valence-electron chi connectivity index (χ1n) is 8.30. The number of hydrogen-bond donors (Lipinski definition) is 1. The van der Waals surface area contributed by atoms with Gasteiger partial charge in [0.1, 0.15) is 11.6 Å². The number of nitrogens with one attached hydrogen (secondary N) is 1. The van der Waals surface area contributed by atoms with E-state index in [-0.39, 0.29) is 16.1 Å². The molecule has 144 valence electrons. The van der Waals surface area contributed by atoms with Crippen LogP contribution in [-0.4, -0.2) is 29.5 Å². The predicted molar refractivity (Wildman–Crippen MR) is 103 cm³/mol. The lowest BCUT2D eigenvalue weighted by molar-refractivity contribution is 0.0449.